The minimum Gasteiger partial charge on any atom is -0.319 e. The molecule has 2 rings (SSSR count). The second-order valence-electron chi connectivity index (χ2n) is 4.34. The number of carbonyl (C=O) groups is 1. The quantitative estimate of drug-likeness (QED) is 0.689. The number of benzene rings is 2. The Morgan fingerprint density at radius 3 is 2.62 bits per heavy atom. The van der Waals surface area contributed by atoms with E-state index in [1.54, 1.807) is 6.92 Å². The van der Waals surface area contributed by atoms with Gasteiger partial charge in [0.25, 0.3) is 11.6 Å². The third-order valence-corrected chi connectivity index (χ3v) is 3.08. The predicted octanol–water partition coefficient (Wildman–Crippen LogP) is 3.95. The van der Waals surface area contributed by atoms with E-state index in [-0.39, 0.29) is 22.0 Å². The van der Waals surface area contributed by atoms with E-state index >= 15 is 0 Å². The van der Waals surface area contributed by atoms with Crippen molar-refractivity contribution in [2.24, 2.45) is 0 Å². The zero-order chi connectivity index (χ0) is 15.6. The summed E-state index contributed by atoms with van der Waals surface area (Å²) >= 11 is 5.62. The summed E-state index contributed by atoms with van der Waals surface area (Å²) in [6, 6.07) is 7.86. The summed E-state index contributed by atoms with van der Waals surface area (Å²) in [5, 5.41) is 13.4. The molecule has 0 saturated carbocycles. The van der Waals surface area contributed by atoms with E-state index in [4.69, 9.17) is 11.6 Å². The largest absolute Gasteiger partial charge is 0.319 e. The standard InChI is InChI=1S/C14H10ClFN2O3/c1-8-2-3-9(6-13(8)18(20)21)14(19)17-12-5-4-10(15)7-11(12)16/h2-7H,1H3,(H,17,19). The Hall–Kier alpha value is -2.47. The van der Waals surface area contributed by atoms with Crippen molar-refractivity contribution in [2.45, 2.75) is 6.92 Å². The number of nitro benzene ring substituents is 1. The molecule has 0 fully saturated rings. The van der Waals surface area contributed by atoms with Gasteiger partial charge in [0.15, 0.2) is 0 Å². The SMILES string of the molecule is Cc1ccc(C(=O)Nc2ccc(Cl)cc2F)cc1[N+](=O)[O-]. The summed E-state index contributed by atoms with van der Waals surface area (Å²) in [6.07, 6.45) is 0. The molecule has 0 aliphatic carbocycles. The lowest BCUT2D eigenvalue weighted by molar-refractivity contribution is -0.385. The molecule has 0 unspecified atom stereocenters. The maximum Gasteiger partial charge on any atom is 0.273 e. The molecule has 5 nitrogen and oxygen atoms in total. The molecule has 1 amide bonds. The Labute approximate surface area is 124 Å². The number of anilines is 1. The van der Waals surface area contributed by atoms with Crippen LogP contribution in [0.3, 0.4) is 0 Å². The lowest BCUT2D eigenvalue weighted by Gasteiger charge is -2.07. The van der Waals surface area contributed by atoms with E-state index in [0.717, 1.165) is 12.1 Å². The molecule has 0 heterocycles. The summed E-state index contributed by atoms with van der Waals surface area (Å²) in [7, 11) is 0. The van der Waals surface area contributed by atoms with Crippen molar-refractivity contribution in [3.8, 4) is 0 Å². The van der Waals surface area contributed by atoms with Crippen LogP contribution in [0.2, 0.25) is 5.02 Å². The molecular weight excluding hydrogens is 299 g/mol. The minimum atomic E-state index is -0.683. The molecule has 7 heteroatoms. The van der Waals surface area contributed by atoms with E-state index in [9.17, 15) is 19.3 Å². The fourth-order valence-electron chi connectivity index (χ4n) is 1.73. The molecule has 0 atom stereocenters. The van der Waals surface area contributed by atoms with Crippen molar-refractivity contribution < 1.29 is 14.1 Å². The molecule has 0 radical (unpaired) electrons. The molecular formula is C14H10ClFN2O3. The van der Waals surface area contributed by atoms with E-state index in [0.29, 0.717) is 5.56 Å². The summed E-state index contributed by atoms with van der Waals surface area (Å²) in [5.41, 5.74) is 0.294. The van der Waals surface area contributed by atoms with Gasteiger partial charge in [0.05, 0.1) is 10.6 Å². The third kappa shape index (κ3) is 3.35. The monoisotopic (exact) mass is 308 g/mol. The topological polar surface area (TPSA) is 72.2 Å². The Morgan fingerprint density at radius 1 is 1.29 bits per heavy atom. The van der Waals surface area contributed by atoms with E-state index in [1.807, 2.05) is 0 Å². The Kier molecular flexibility index (Phi) is 4.18. The molecule has 21 heavy (non-hydrogen) atoms. The van der Waals surface area contributed by atoms with Crippen LogP contribution in [-0.4, -0.2) is 10.8 Å². The molecule has 0 aliphatic heterocycles. The number of halogens is 2. The Balaban J connectivity index is 2.28. The molecule has 0 saturated heterocycles. The number of rotatable bonds is 3. The van der Waals surface area contributed by atoms with Crippen LogP contribution in [0, 0.1) is 22.9 Å². The van der Waals surface area contributed by atoms with Gasteiger partial charge in [0.2, 0.25) is 0 Å². The molecule has 2 aromatic rings. The molecule has 0 bridgehead atoms. The number of nitro groups is 1. The average molecular weight is 309 g/mol. The number of amides is 1. The minimum absolute atomic E-state index is 0.0485. The summed E-state index contributed by atoms with van der Waals surface area (Å²) < 4.78 is 13.6. The highest BCUT2D eigenvalue weighted by atomic mass is 35.5. The fraction of sp³-hybridized carbons (Fsp3) is 0.0714. The zero-order valence-electron chi connectivity index (χ0n) is 10.9. The summed E-state index contributed by atoms with van der Waals surface area (Å²) in [6.45, 7) is 1.57. The number of carbonyl (C=O) groups excluding carboxylic acids is 1. The maximum absolute atomic E-state index is 13.6. The van der Waals surface area contributed by atoms with Crippen LogP contribution >= 0.6 is 11.6 Å². The molecule has 0 spiro atoms. The first-order valence-electron chi connectivity index (χ1n) is 5.90. The van der Waals surface area contributed by atoms with Crippen LogP contribution in [0.1, 0.15) is 15.9 Å². The molecule has 2 aromatic carbocycles. The average Bonchev–Trinajstić information content (AvgIpc) is 2.42. The first-order chi connectivity index (χ1) is 9.88. The van der Waals surface area contributed by atoms with Gasteiger partial charge >= 0.3 is 0 Å². The lowest BCUT2D eigenvalue weighted by atomic mass is 10.1. The molecule has 0 aromatic heterocycles. The van der Waals surface area contributed by atoms with Crippen LogP contribution in [0.4, 0.5) is 15.8 Å². The number of nitrogens with one attached hydrogen (secondary N) is 1. The van der Waals surface area contributed by atoms with Crippen molar-refractivity contribution >= 4 is 28.9 Å². The third-order valence-electron chi connectivity index (χ3n) is 2.85. The lowest BCUT2D eigenvalue weighted by Crippen LogP contribution is -2.13. The molecule has 0 aliphatic rings. The van der Waals surface area contributed by atoms with Gasteiger partial charge in [0, 0.05) is 22.2 Å². The summed E-state index contributed by atoms with van der Waals surface area (Å²) in [4.78, 5) is 22.3. The van der Waals surface area contributed by atoms with Gasteiger partial charge < -0.3 is 5.32 Å². The number of aryl methyl sites for hydroxylation is 1. The van der Waals surface area contributed by atoms with Crippen LogP contribution in [0.15, 0.2) is 36.4 Å². The summed E-state index contributed by atoms with van der Waals surface area (Å²) in [5.74, 6) is -1.32. The highest BCUT2D eigenvalue weighted by Gasteiger charge is 2.16. The van der Waals surface area contributed by atoms with E-state index < -0.39 is 16.6 Å². The van der Waals surface area contributed by atoms with Gasteiger partial charge in [-0.05, 0) is 31.2 Å². The van der Waals surface area contributed by atoms with Gasteiger partial charge in [-0.3, -0.25) is 14.9 Å². The number of hydrogen-bond donors (Lipinski definition) is 1. The van der Waals surface area contributed by atoms with Crippen molar-refractivity contribution in [3.05, 3.63) is 68.5 Å². The zero-order valence-corrected chi connectivity index (χ0v) is 11.6. The maximum atomic E-state index is 13.6. The van der Waals surface area contributed by atoms with Crippen LogP contribution in [0.25, 0.3) is 0 Å². The van der Waals surface area contributed by atoms with Crippen molar-refractivity contribution in [1.29, 1.82) is 0 Å². The number of hydrogen-bond acceptors (Lipinski definition) is 3. The predicted molar refractivity (Wildman–Crippen MR) is 77.2 cm³/mol. The van der Waals surface area contributed by atoms with E-state index in [2.05, 4.69) is 5.32 Å². The van der Waals surface area contributed by atoms with Crippen LogP contribution < -0.4 is 5.32 Å². The second kappa shape index (κ2) is 5.88. The normalized spacial score (nSPS) is 10.2. The number of nitrogens with zero attached hydrogens (tertiary/aromatic N) is 1. The smallest absolute Gasteiger partial charge is 0.273 e. The van der Waals surface area contributed by atoms with Gasteiger partial charge in [-0.25, -0.2) is 4.39 Å². The fourth-order valence-corrected chi connectivity index (χ4v) is 1.89. The van der Waals surface area contributed by atoms with Crippen molar-refractivity contribution in [1.82, 2.24) is 0 Å². The molecule has 1 N–H and O–H groups in total. The first kappa shape index (κ1) is 14.9. The van der Waals surface area contributed by atoms with Crippen molar-refractivity contribution in [3.63, 3.8) is 0 Å². The Bertz CT molecular complexity index is 734. The van der Waals surface area contributed by atoms with Gasteiger partial charge in [-0.2, -0.15) is 0 Å². The Morgan fingerprint density at radius 2 is 2.00 bits per heavy atom. The van der Waals surface area contributed by atoms with Gasteiger partial charge in [0.1, 0.15) is 5.82 Å². The van der Waals surface area contributed by atoms with E-state index in [1.165, 1.54) is 24.3 Å². The molecule has 108 valence electrons. The highest BCUT2D eigenvalue weighted by molar-refractivity contribution is 6.30. The van der Waals surface area contributed by atoms with Crippen LogP contribution in [-0.2, 0) is 0 Å². The first-order valence-corrected chi connectivity index (χ1v) is 6.27. The second-order valence-corrected chi connectivity index (χ2v) is 4.77. The van der Waals surface area contributed by atoms with Crippen molar-refractivity contribution in [2.75, 3.05) is 5.32 Å². The van der Waals surface area contributed by atoms with Gasteiger partial charge in [-0.15, -0.1) is 0 Å². The highest BCUT2D eigenvalue weighted by Crippen LogP contribution is 2.22. The van der Waals surface area contributed by atoms with Crippen LogP contribution in [0.5, 0.6) is 0 Å². The van der Waals surface area contributed by atoms with Gasteiger partial charge in [-0.1, -0.05) is 17.7 Å².